The summed E-state index contributed by atoms with van der Waals surface area (Å²) in [6.07, 6.45) is 7.79. The lowest BCUT2D eigenvalue weighted by atomic mass is 10.0. The molecule has 3 heterocycles. The van der Waals surface area contributed by atoms with Crippen LogP contribution in [0.3, 0.4) is 0 Å². The molecular weight excluding hydrogens is 424 g/mol. The second kappa shape index (κ2) is 11.3. The molecule has 1 fully saturated rings. The van der Waals surface area contributed by atoms with Crippen LogP contribution < -0.4 is 4.74 Å². The van der Waals surface area contributed by atoms with Gasteiger partial charge in [0.25, 0.3) is 0 Å². The minimum atomic E-state index is -0.511. The van der Waals surface area contributed by atoms with Crippen LogP contribution in [0.25, 0.3) is 27.9 Å². The van der Waals surface area contributed by atoms with Crippen molar-refractivity contribution in [1.82, 2.24) is 19.5 Å². The maximum Gasteiger partial charge on any atom is 0.162 e. The maximum atomic E-state index is 9.89. The standard InChI is InChI=1S/C26H28N4O2.C2H6/c1-19(31)21-5-4-6-22(15-21)25-17-28-30-18-23(16-27-26(25)30)20-7-9-24(10-8-20)32-14-13-29-11-2-3-12-29;1-2/h4-10,15-19,31H,2-3,11-14H2,1H3;1-2H3. The highest BCUT2D eigenvalue weighted by Crippen LogP contribution is 2.28. The molecule has 1 aliphatic rings. The molecule has 1 aliphatic heterocycles. The Morgan fingerprint density at radius 1 is 0.971 bits per heavy atom. The predicted molar refractivity (Wildman–Crippen MR) is 137 cm³/mol. The number of aliphatic hydroxyl groups is 1. The van der Waals surface area contributed by atoms with E-state index in [0.29, 0.717) is 0 Å². The second-order valence-corrected chi connectivity index (χ2v) is 8.39. The summed E-state index contributed by atoms with van der Waals surface area (Å²) in [6.45, 7) is 9.87. The third-order valence-corrected chi connectivity index (χ3v) is 6.10. The second-order valence-electron chi connectivity index (χ2n) is 8.39. The number of nitrogens with zero attached hydrogens (tertiary/aromatic N) is 4. The van der Waals surface area contributed by atoms with Crippen LogP contribution in [0, 0.1) is 0 Å². The van der Waals surface area contributed by atoms with Crippen molar-refractivity contribution in [3.63, 3.8) is 0 Å². The van der Waals surface area contributed by atoms with E-state index >= 15 is 0 Å². The number of likely N-dealkylation sites (tertiary alicyclic amines) is 1. The fourth-order valence-electron chi connectivity index (χ4n) is 4.24. The van der Waals surface area contributed by atoms with Crippen molar-refractivity contribution in [2.45, 2.75) is 39.7 Å². The summed E-state index contributed by atoms with van der Waals surface area (Å²) >= 11 is 0. The highest BCUT2D eigenvalue weighted by Gasteiger charge is 2.12. The first-order chi connectivity index (χ1) is 16.7. The number of rotatable bonds is 7. The van der Waals surface area contributed by atoms with Crippen molar-refractivity contribution >= 4 is 5.65 Å². The van der Waals surface area contributed by atoms with Crippen LogP contribution in [0.1, 0.15) is 45.3 Å². The molecule has 0 radical (unpaired) electrons. The van der Waals surface area contributed by atoms with Crippen LogP contribution in [-0.4, -0.2) is 50.8 Å². The summed E-state index contributed by atoms with van der Waals surface area (Å²) in [4.78, 5) is 7.14. The summed E-state index contributed by atoms with van der Waals surface area (Å²) in [5, 5.41) is 14.4. The Hall–Kier alpha value is -3.22. The van der Waals surface area contributed by atoms with E-state index < -0.39 is 6.10 Å². The van der Waals surface area contributed by atoms with Crippen LogP contribution in [0.15, 0.2) is 67.1 Å². The number of aromatic nitrogens is 3. The lowest BCUT2D eigenvalue weighted by molar-refractivity contribution is 0.199. The molecule has 0 spiro atoms. The van der Waals surface area contributed by atoms with Gasteiger partial charge in [-0.2, -0.15) is 5.10 Å². The van der Waals surface area contributed by atoms with Crippen molar-refractivity contribution in [3.05, 3.63) is 72.7 Å². The van der Waals surface area contributed by atoms with Gasteiger partial charge < -0.3 is 9.84 Å². The van der Waals surface area contributed by atoms with Crippen LogP contribution in [0.5, 0.6) is 5.75 Å². The minimum absolute atomic E-state index is 0.511. The van der Waals surface area contributed by atoms with Gasteiger partial charge in [-0.25, -0.2) is 9.50 Å². The van der Waals surface area contributed by atoms with Gasteiger partial charge in [0.1, 0.15) is 12.4 Å². The van der Waals surface area contributed by atoms with Gasteiger partial charge in [-0.1, -0.05) is 44.2 Å². The molecule has 1 unspecified atom stereocenters. The molecule has 2 aromatic heterocycles. The Labute approximate surface area is 201 Å². The number of fused-ring (bicyclic) bond motifs is 1. The molecule has 0 saturated carbocycles. The third kappa shape index (κ3) is 5.46. The molecule has 2 aromatic carbocycles. The zero-order valence-corrected chi connectivity index (χ0v) is 20.3. The highest BCUT2D eigenvalue weighted by atomic mass is 16.5. The fraction of sp³-hybridized carbons (Fsp3) is 0.357. The number of hydrogen-bond donors (Lipinski definition) is 1. The first-order valence-corrected chi connectivity index (χ1v) is 12.2. The van der Waals surface area contributed by atoms with E-state index in [0.717, 1.165) is 52.4 Å². The molecule has 1 atom stereocenters. The normalized spacial score (nSPS) is 14.6. The van der Waals surface area contributed by atoms with Crippen LogP contribution in [-0.2, 0) is 0 Å². The van der Waals surface area contributed by atoms with E-state index in [1.807, 2.05) is 68.8 Å². The minimum Gasteiger partial charge on any atom is -0.492 e. The maximum absolute atomic E-state index is 9.89. The first kappa shape index (κ1) is 23.9. The van der Waals surface area contributed by atoms with Gasteiger partial charge in [0.2, 0.25) is 0 Å². The van der Waals surface area contributed by atoms with Gasteiger partial charge in [-0.05, 0) is 67.7 Å². The van der Waals surface area contributed by atoms with Crippen LogP contribution >= 0.6 is 0 Å². The van der Waals surface area contributed by atoms with Crippen molar-refractivity contribution < 1.29 is 9.84 Å². The lowest BCUT2D eigenvalue weighted by Gasteiger charge is -2.15. The summed E-state index contributed by atoms with van der Waals surface area (Å²) < 4.78 is 7.72. The number of benzene rings is 2. The Kier molecular flexibility index (Phi) is 7.93. The summed E-state index contributed by atoms with van der Waals surface area (Å²) in [6, 6.07) is 16.0. The van der Waals surface area contributed by atoms with Gasteiger partial charge in [0.05, 0.1) is 12.3 Å². The lowest BCUT2D eigenvalue weighted by Crippen LogP contribution is -2.25. The van der Waals surface area contributed by atoms with E-state index in [9.17, 15) is 5.11 Å². The summed E-state index contributed by atoms with van der Waals surface area (Å²) in [5.41, 5.74) is 5.67. The van der Waals surface area contributed by atoms with E-state index in [1.165, 1.54) is 25.9 Å². The monoisotopic (exact) mass is 458 g/mol. The van der Waals surface area contributed by atoms with Gasteiger partial charge in [0, 0.05) is 30.1 Å². The largest absolute Gasteiger partial charge is 0.492 e. The molecule has 0 amide bonds. The van der Waals surface area contributed by atoms with Gasteiger partial charge in [0.15, 0.2) is 5.65 Å². The summed E-state index contributed by atoms with van der Waals surface area (Å²) in [5.74, 6) is 0.890. The van der Waals surface area contributed by atoms with E-state index in [2.05, 4.69) is 27.1 Å². The van der Waals surface area contributed by atoms with Gasteiger partial charge in [-0.3, -0.25) is 4.90 Å². The SMILES string of the molecule is CC.CC(O)c1cccc(-c2cnn3cc(-c4ccc(OCCN5CCCC5)cc4)cnc23)c1. The number of hydrogen-bond acceptors (Lipinski definition) is 5. The molecule has 6 nitrogen and oxygen atoms in total. The molecular formula is C28H34N4O2. The molecule has 178 valence electrons. The molecule has 1 saturated heterocycles. The van der Waals surface area contributed by atoms with Crippen molar-refractivity contribution in [1.29, 1.82) is 0 Å². The predicted octanol–water partition coefficient (Wildman–Crippen LogP) is 5.62. The molecule has 0 aliphatic carbocycles. The Bertz CT molecular complexity index is 1190. The zero-order valence-electron chi connectivity index (χ0n) is 20.3. The zero-order chi connectivity index (χ0) is 23.9. The van der Waals surface area contributed by atoms with Crippen molar-refractivity contribution in [2.24, 2.45) is 0 Å². The topological polar surface area (TPSA) is 62.9 Å². The molecule has 1 N–H and O–H groups in total. The van der Waals surface area contributed by atoms with Crippen LogP contribution in [0.2, 0.25) is 0 Å². The molecule has 4 aromatic rings. The average Bonchev–Trinajstić information content (AvgIpc) is 3.55. The van der Waals surface area contributed by atoms with Crippen LogP contribution in [0.4, 0.5) is 0 Å². The highest BCUT2D eigenvalue weighted by molar-refractivity contribution is 5.78. The van der Waals surface area contributed by atoms with E-state index in [4.69, 9.17) is 4.74 Å². The quantitative estimate of drug-likeness (QED) is 0.390. The van der Waals surface area contributed by atoms with Crippen molar-refractivity contribution in [2.75, 3.05) is 26.2 Å². The molecule has 6 heteroatoms. The van der Waals surface area contributed by atoms with Gasteiger partial charge in [-0.15, -0.1) is 0 Å². The van der Waals surface area contributed by atoms with Gasteiger partial charge >= 0.3 is 0 Å². The molecule has 34 heavy (non-hydrogen) atoms. The van der Waals surface area contributed by atoms with E-state index in [1.54, 1.807) is 11.4 Å². The fourth-order valence-corrected chi connectivity index (χ4v) is 4.24. The van der Waals surface area contributed by atoms with E-state index in [-0.39, 0.29) is 0 Å². The Morgan fingerprint density at radius 3 is 2.47 bits per heavy atom. The Morgan fingerprint density at radius 2 is 1.74 bits per heavy atom. The smallest absolute Gasteiger partial charge is 0.162 e. The molecule has 5 rings (SSSR count). The summed E-state index contributed by atoms with van der Waals surface area (Å²) in [7, 11) is 0. The average molecular weight is 459 g/mol. The third-order valence-electron chi connectivity index (χ3n) is 6.10. The number of aliphatic hydroxyl groups excluding tert-OH is 1. The number of ether oxygens (including phenoxy) is 1. The molecule has 0 bridgehead atoms. The van der Waals surface area contributed by atoms with Crippen molar-refractivity contribution in [3.8, 4) is 28.0 Å². The Balaban J connectivity index is 0.00000133. The first-order valence-electron chi connectivity index (χ1n) is 12.2.